The third-order valence-corrected chi connectivity index (χ3v) is 4.50. The molecule has 1 unspecified atom stereocenters. The van der Waals surface area contributed by atoms with Crippen LogP contribution in [0.15, 0.2) is 54.2 Å². The standard InChI is InChI=1S/C22H23N3O3/c1-3-16-8-6-7-15(2)21(16)25-22(26)17(11-23)12-24-13-18-14-27-19-9-4-5-10-20(19)28-18/h4-10,12,18,24H,3,13-14H2,1-2H3,(H,25,26)/b17-12-. The minimum Gasteiger partial charge on any atom is -0.486 e. The van der Waals surface area contributed by atoms with E-state index in [1.165, 1.54) is 6.20 Å². The molecule has 1 amide bonds. The molecule has 2 aromatic carbocycles. The molecular weight excluding hydrogens is 354 g/mol. The van der Waals surface area contributed by atoms with Gasteiger partial charge >= 0.3 is 0 Å². The molecule has 1 aliphatic heterocycles. The number of amides is 1. The number of hydrogen-bond acceptors (Lipinski definition) is 5. The molecule has 0 spiro atoms. The van der Waals surface area contributed by atoms with Crippen molar-refractivity contribution in [3.63, 3.8) is 0 Å². The predicted octanol–water partition coefficient (Wildman–Crippen LogP) is 3.33. The number of carbonyl (C=O) groups excluding carboxylic acids is 1. The summed E-state index contributed by atoms with van der Waals surface area (Å²) in [6.07, 6.45) is 2.00. The maximum atomic E-state index is 12.5. The normalized spacial score (nSPS) is 15.5. The van der Waals surface area contributed by atoms with Crippen molar-refractivity contribution in [2.45, 2.75) is 26.4 Å². The summed E-state index contributed by atoms with van der Waals surface area (Å²) < 4.78 is 11.5. The summed E-state index contributed by atoms with van der Waals surface area (Å²) in [7, 11) is 0. The molecule has 1 aliphatic rings. The number of carbonyl (C=O) groups is 1. The first-order valence-corrected chi connectivity index (χ1v) is 9.24. The first-order valence-electron chi connectivity index (χ1n) is 9.24. The van der Waals surface area contributed by atoms with Crippen molar-refractivity contribution in [1.82, 2.24) is 5.32 Å². The summed E-state index contributed by atoms with van der Waals surface area (Å²) in [6, 6.07) is 15.3. The van der Waals surface area contributed by atoms with E-state index in [4.69, 9.17) is 9.47 Å². The Morgan fingerprint density at radius 1 is 1.25 bits per heavy atom. The summed E-state index contributed by atoms with van der Waals surface area (Å²) in [5.74, 6) is 0.968. The van der Waals surface area contributed by atoms with Crippen LogP contribution >= 0.6 is 0 Å². The third-order valence-electron chi connectivity index (χ3n) is 4.50. The summed E-state index contributed by atoms with van der Waals surface area (Å²) in [4.78, 5) is 12.5. The zero-order chi connectivity index (χ0) is 19.9. The van der Waals surface area contributed by atoms with E-state index in [1.54, 1.807) is 0 Å². The van der Waals surface area contributed by atoms with E-state index in [0.717, 1.165) is 29.0 Å². The Morgan fingerprint density at radius 2 is 2.04 bits per heavy atom. The summed E-state index contributed by atoms with van der Waals surface area (Å²) in [6.45, 7) is 4.77. The Hall–Kier alpha value is -3.46. The molecule has 6 heteroatoms. The zero-order valence-corrected chi connectivity index (χ0v) is 16.0. The number of nitriles is 1. The fourth-order valence-electron chi connectivity index (χ4n) is 2.99. The van der Waals surface area contributed by atoms with Gasteiger partial charge in [-0.3, -0.25) is 4.79 Å². The summed E-state index contributed by atoms with van der Waals surface area (Å²) in [5, 5.41) is 15.2. The van der Waals surface area contributed by atoms with Crippen LogP contribution in [0.5, 0.6) is 11.5 Å². The second-order valence-electron chi connectivity index (χ2n) is 6.49. The average molecular weight is 377 g/mol. The second kappa shape index (κ2) is 8.96. The van der Waals surface area contributed by atoms with Crippen LogP contribution in [-0.2, 0) is 11.2 Å². The number of aryl methyl sites for hydroxylation is 2. The van der Waals surface area contributed by atoms with Crippen LogP contribution in [0.25, 0.3) is 0 Å². The lowest BCUT2D eigenvalue weighted by Gasteiger charge is -2.26. The molecule has 1 atom stereocenters. The van der Waals surface area contributed by atoms with Crippen molar-refractivity contribution in [1.29, 1.82) is 5.26 Å². The van der Waals surface area contributed by atoms with Gasteiger partial charge in [-0.25, -0.2) is 0 Å². The van der Waals surface area contributed by atoms with Crippen molar-refractivity contribution >= 4 is 11.6 Å². The van der Waals surface area contributed by atoms with Crippen LogP contribution < -0.4 is 20.1 Å². The number of rotatable bonds is 6. The number of ether oxygens (including phenoxy) is 2. The van der Waals surface area contributed by atoms with Crippen molar-refractivity contribution < 1.29 is 14.3 Å². The van der Waals surface area contributed by atoms with E-state index in [0.29, 0.717) is 18.9 Å². The van der Waals surface area contributed by atoms with Crippen molar-refractivity contribution in [3.05, 3.63) is 65.4 Å². The van der Waals surface area contributed by atoms with E-state index in [2.05, 4.69) is 10.6 Å². The van der Waals surface area contributed by atoms with Gasteiger partial charge in [0.15, 0.2) is 11.5 Å². The highest BCUT2D eigenvalue weighted by Crippen LogP contribution is 2.30. The topological polar surface area (TPSA) is 83.4 Å². The Bertz CT molecular complexity index is 931. The first-order chi connectivity index (χ1) is 13.6. The van der Waals surface area contributed by atoms with E-state index >= 15 is 0 Å². The van der Waals surface area contributed by atoms with Crippen LogP contribution in [0.3, 0.4) is 0 Å². The average Bonchev–Trinajstić information content (AvgIpc) is 2.72. The van der Waals surface area contributed by atoms with E-state index < -0.39 is 5.91 Å². The quantitative estimate of drug-likeness (QED) is 0.596. The molecule has 2 N–H and O–H groups in total. The Morgan fingerprint density at radius 3 is 2.79 bits per heavy atom. The smallest absolute Gasteiger partial charge is 0.267 e. The van der Waals surface area contributed by atoms with Crippen LogP contribution in [0.4, 0.5) is 5.69 Å². The van der Waals surface area contributed by atoms with E-state index in [1.807, 2.05) is 62.4 Å². The number of nitrogens with one attached hydrogen (secondary N) is 2. The number of anilines is 1. The summed E-state index contributed by atoms with van der Waals surface area (Å²) in [5.41, 5.74) is 2.76. The van der Waals surface area contributed by atoms with Gasteiger partial charge in [-0.15, -0.1) is 0 Å². The molecule has 144 valence electrons. The van der Waals surface area contributed by atoms with Gasteiger partial charge in [-0.2, -0.15) is 5.26 Å². The van der Waals surface area contributed by atoms with Crippen LogP contribution in [0.2, 0.25) is 0 Å². The van der Waals surface area contributed by atoms with Gasteiger partial charge in [0.1, 0.15) is 24.4 Å². The highest BCUT2D eigenvalue weighted by Gasteiger charge is 2.20. The monoisotopic (exact) mass is 377 g/mol. The van der Waals surface area contributed by atoms with Gasteiger partial charge in [-0.1, -0.05) is 37.3 Å². The van der Waals surface area contributed by atoms with Crippen LogP contribution in [-0.4, -0.2) is 25.2 Å². The van der Waals surface area contributed by atoms with Gasteiger partial charge in [0.2, 0.25) is 0 Å². The maximum Gasteiger partial charge on any atom is 0.267 e. The Balaban J connectivity index is 1.60. The first kappa shape index (κ1) is 19.3. The molecular formula is C22H23N3O3. The fraction of sp³-hybridized carbons (Fsp3) is 0.273. The maximum absolute atomic E-state index is 12.5. The number of nitrogens with zero attached hydrogens (tertiary/aromatic N) is 1. The predicted molar refractivity (Wildman–Crippen MR) is 107 cm³/mol. The Labute approximate surface area is 164 Å². The Kier molecular flexibility index (Phi) is 6.18. The van der Waals surface area contributed by atoms with Gasteiger partial charge in [0.25, 0.3) is 5.91 Å². The third kappa shape index (κ3) is 4.44. The minimum atomic E-state index is -0.440. The second-order valence-corrected chi connectivity index (χ2v) is 6.49. The van der Waals surface area contributed by atoms with Crippen LogP contribution in [0, 0.1) is 18.3 Å². The fourth-order valence-corrected chi connectivity index (χ4v) is 2.99. The highest BCUT2D eigenvalue weighted by atomic mass is 16.6. The van der Waals surface area contributed by atoms with Gasteiger partial charge in [-0.05, 0) is 36.6 Å². The molecule has 3 rings (SSSR count). The van der Waals surface area contributed by atoms with E-state index in [9.17, 15) is 10.1 Å². The van der Waals surface area contributed by atoms with Gasteiger partial charge < -0.3 is 20.1 Å². The van der Waals surface area contributed by atoms with Crippen molar-refractivity contribution in [2.75, 3.05) is 18.5 Å². The molecule has 1 heterocycles. The van der Waals surface area contributed by atoms with Crippen LogP contribution in [0.1, 0.15) is 18.1 Å². The molecule has 0 bridgehead atoms. The number of benzene rings is 2. The van der Waals surface area contributed by atoms with Crippen molar-refractivity contribution in [2.24, 2.45) is 0 Å². The molecule has 0 aliphatic carbocycles. The number of para-hydroxylation sites is 3. The lowest BCUT2D eigenvalue weighted by Crippen LogP contribution is -2.37. The minimum absolute atomic E-state index is 0.00225. The van der Waals surface area contributed by atoms with Gasteiger partial charge in [0, 0.05) is 11.9 Å². The van der Waals surface area contributed by atoms with E-state index in [-0.39, 0.29) is 11.7 Å². The van der Waals surface area contributed by atoms with Crippen molar-refractivity contribution in [3.8, 4) is 17.6 Å². The molecule has 0 aromatic heterocycles. The molecule has 6 nitrogen and oxygen atoms in total. The largest absolute Gasteiger partial charge is 0.486 e. The molecule has 0 saturated carbocycles. The summed E-state index contributed by atoms with van der Waals surface area (Å²) >= 11 is 0. The lowest BCUT2D eigenvalue weighted by molar-refractivity contribution is -0.112. The van der Waals surface area contributed by atoms with Gasteiger partial charge in [0.05, 0.1) is 6.54 Å². The molecule has 2 aromatic rings. The SMILES string of the molecule is CCc1cccc(C)c1NC(=O)/C(C#N)=C\NCC1COc2ccccc2O1. The molecule has 28 heavy (non-hydrogen) atoms. The number of fused-ring (bicyclic) bond motifs is 1. The molecule has 0 saturated heterocycles. The zero-order valence-electron chi connectivity index (χ0n) is 16.0. The lowest BCUT2D eigenvalue weighted by atomic mass is 10.1. The number of hydrogen-bond donors (Lipinski definition) is 2. The highest BCUT2D eigenvalue weighted by molar-refractivity contribution is 6.07. The molecule has 0 fully saturated rings. The molecule has 0 radical (unpaired) electrons.